The summed E-state index contributed by atoms with van der Waals surface area (Å²) in [6.45, 7) is -0.191. The summed E-state index contributed by atoms with van der Waals surface area (Å²) in [5.41, 5.74) is 2.03. The standard InChI is InChI=1S/C20H18N4O4/c25-19(22-18-7-3-5-13-4-1-2-6-15(13)18)11-23-12-21-17-9-8-14(24(27)28)10-16(17)20(23)26/h1-2,4,6,8-10,12,18H,3,5,7,11H2,(H,22,25)/t18-/m0/s1. The number of carbonyl (C=O) groups excluding carboxylic acids is 1. The maximum Gasteiger partial charge on any atom is 0.270 e. The zero-order valence-corrected chi connectivity index (χ0v) is 15.0. The van der Waals surface area contributed by atoms with E-state index >= 15 is 0 Å². The van der Waals surface area contributed by atoms with Crippen molar-refractivity contribution in [3.05, 3.63) is 80.4 Å². The van der Waals surface area contributed by atoms with Crippen molar-refractivity contribution >= 4 is 22.5 Å². The first-order chi connectivity index (χ1) is 13.5. The third kappa shape index (κ3) is 3.36. The number of amides is 1. The molecule has 0 fully saturated rings. The molecule has 2 aromatic carbocycles. The largest absolute Gasteiger partial charge is 0.348 e. The molecule has 0 unspecified atom stereocenters. The molecule has 0 saturated carbocycles. The van der Waals surface area contributed by atoms with Gasteiger partial charge in [0.15, 0.2) is 0 Å². The van der Waals surface area contributed by atoms with Crippen LogP contribution in [0.1, 0.15) is 30.0 Å². The van der Waals surface area contributed by atoms with Crippen molar-refractivity contribution in [2.75, 3.05) is 0 Å². The molecule has 8 nitrogen and oxygen atoms in total. The molecule has 1 aromatic heterocycles. The van der Waals surface area contributed by atoms with Gasteiger partial charge in [-0.1, -0.05) is 24.3 Å². The second-order valence-corrected chi connectivity index (χ2v) is 6.85. The lowest BCUT2D eigenvalue weighted by Gasteiger charge is -2.26. The molecular weight excluding hydrogens is 360 g/mol. The van der Waals surface area contributed by atoms with Crippen molar-refractivity contribution in [1.82, 2.24) is 14.9 Å². The van der Waals surface area contributed by atoms with Gasteiger partial charge in [0.1, 0.15) is 6.54 Å². The van der Waals surface area contributed by atoms with Gasteiger partial charge in [-0.3, -0.25) is 24.3 Å². The molecule has 0 spiro atoms. The van der Waals surface area contributed by atoms with Crippen LogP contribution in [-0.2, 0) is 17.8 Å². The Hall–Kier alpha value is -3.55. The fourth-order valence-corrected chi connectivity index (χ4v) is 3.67. The molecule has 1 N–H and O–H groups in total. The van der Waals surface area contributed by atoms with Gasteiger partial charge < -0.3 is 5.32 Å². The number of rotatable bonds is 4. The minimum atomic E-state index is -0.566. The molecule has 28 heavy (non-hydrogen) atoms. The summed E-state index contributed by atoms with van der Waals surface area (Å²) < 4.78 is 1.18. The Morgan fingerprint density at radius 3 is 2.93 bits per heavy atom. The van der Waals surface area contributed by atoms with Gasteiger partial charge in [-0.25, -0.2) is 4.98 Å². The monoisotopic (exact) mass is 378 g/mol. The van der Waals surface area contributed by atoms with Crippen LogP contribution in [0.15, 0.2) is 53.6 Å². The van der Waals surface area contributed by atoms with Gasteiger partial charge in [-0.2, -0.15) is 0 Å². The maximum absolute atomic E-state index is 12.6. The van der Waals surface area contributed by atoms with E-state index in [4.69, 9.17) is 0 Å². The summed E-state index contributed by atoms with van der Waals surface area (Å²) in [6, 6.07) is 11.9. The van der Waals surface area contributed by atoms with Gasteiger partial charge in [-0.05, 0) is 36.5 Å². The molecule has 1 heterocycles. The molecule has 4 rings (SSSR count). The summed E-state index contributed by atoms with van der Waals surface area (Å²) in [6.07, 6.45) is 4.13. The zero-order valence-electron chi connectivity index (χ0n) is 15.0. The number of fused-ring (bicyclic) bond motifs is 2. The third-order valence-electron chi connectivity index (χ3n) is 5.04. The Labute approximate surface area is 160 Å². The van der Waals surface area contributed by atoms with Crippen LogP contribution in [0.25, 0.3) is 10.9 Å². The van der Waals surface area contributed by atoms with Crippen LogP contribution in [0.2, 0.25) is 0 Å². The molecule has 1 atom stereocenters. The quantitative estimate of drug-likeness (QED) is 0.554. The van der Waals surface area contributed by atoms with Crippen molar-refractivity contribution in [2.45, 2.75) is 31.8 Å². The molecule has 0 saturated heterocycles. The number of aromatic nitrogens is 2. The Kier molecular flexibility index (Phi) is 4.60. The van der Waals surface area contributed by atoms with E-state index in [9.17, 15) is 19.7 Å². The molecule has 0 radical (unpaired) electrons. The highest BCUT2D eigenvalue weighted by Gasteiger charge is 2.21. The number of hydrogen-bond acceptors (Lipinski definition) is 5. The highest BCUT2D eigenvalue weighted by Crippen LogP contribution is 2.29. The van der Waals surface area contributed by atoms with Crippen LogP contribution in [0.4, 0.5) is 5.69 Å². The lowest BCUT2D eigenvalue weighted by Crippen LogP contribution is -2.36. The lowest BCUT2D eigenvalue weighted by molar-refractivity contribution is -0.384. The number of nitrogens with one attached hydrogen (secondary N) is 1. The molecule has 142 valence electrons. The van der Waals surface area contributed by atoms with Crippen LogP contribution < -0.4 is 10.9 Å². The van der Waals surface area contributed by atoms with E-state index in [2.05, 4.69) is 16.4 Å². The maximum atomic E-state index is 12.6. The summed E-state index contributed by atoms with van der Waals surface area (Å²) in [5, 5.41) is 14.1. The van der Waals surface area contributed by atoms with E-state index in [-0.39, 0.29) is 29.6 Å². The number of aryl methyl sites for hydroxylation is 1. The third-order valence-corrected chi connectivity index (χ3v) is 5.04. The molecule has 0 bridgehead atoms. The van der Waals surface area contributed by atoms with Gasteiger partial charge in [0.05, 0.1) is 28.2 Å². The fraction of sp³-hybridized carbons (Fsp3) is 0.250. The zero-order chi connectivity index (χ0) is 19.7. The van der Waals surface area contributed by atoms with Crippen molar-refractivity contribution in [1.29, 1.82) is 0 Å². The normalized spacial score (nSPS) is 15.8. The van der Waals surface area contributed by atoms with Gasteiger partial charge in [-0.15, -0.1) is 0 Å². The van der Waals surface area contributed by atoms with E-state index in [0.717, 1.165) is 24.8 Å². The summed E-state index contributed by atoms with van der Waals surface area (Å²) >= 11 is 0. The summed E-state index contributed by atoms with van der Waals surface area (Å²) in [7, 11) is 0. The van der Waals surface area contributed by atoms with E-state index < -0.39 is 10.5 Å². The molecular formula is C20H18N4O4. The minimum Gasteiger partial charge on any atom is -0.348 e. The highest BCUT2D eigenvalue weighted by molar-refractivity contribution is 5.81. The topological polar surface area (TPSA) is 107 Å². The molecule has 8 heteroatoms. The highest BCUT2D eigenvalue weighted by atomic mass is 16.6. The smallest absolute Gasteiger partial charge is 0.270 e. The molecule has 0 aliphatic heterocycles. The second-order valence-electron chi connectivity index (χ2n) is 6.85. The van der Waals surface area contributed by atoms with Gasteiger partial charge in [0, 0.05) is 12.1 Å². The first-order valence-corrected chi connectivity index (χ1v) is 9.03. The first kappa shape index (κ1) is 17.8. The van der Waals surface area contributed by atoms with Crippen LogP contribution in [-0.4, -0.2) is 20.4 Å². The Bertz CT molecular complexity index is 1140. The lowest BCUT2D eigenvalue weighted by atomic mass is 9.88. The Morgan fingerprint density at radius 1 is 1.29 bits per heavy atom. The number of carbonyl (C=O) groups is 1. The van der Waals surface area contributed by atoms with Gasteiger partial charge >= 0.3 is 0 Å². The van der Waals surface area contributed by atoms with Crippen molar-refractivity contribution in [3.8, 4) is 0 Å². The van der Waals surface area contributed by atoms with E-state index in [0.29, 0.717) is 5.52 Å². The minimum absolute atomic E-state index is 0.0809. The van der Waals surface area contributed by atoms with E-state index in [1.165, 1.54) is 34.7 Å². The first-order valence-electron chi connectivity index (χ1n) is 9.03. The predicted octanol–water partition coefficient (Wildman–Crippen LogP) is 2.50. The van der Waals surface area contributed by atoms with Crippen molar-refractivity contribution in [3.63, 3.8) is 0 Å². The average Bonchev–Trinajstić information content (AvgIpc) is 2.70. The van der Waals surface area contributed by atoms with E-state index in [1.54, 1.807) is 0 Å². The van der Waals surface area contributed by atoms with Crippen LogP contribution in [0.5, 0.6) is 0 Å². The fourth-order valence-electron chi connectivity index (χ4n) is 3.67. The van der Waals surface area contributed by atoms with Crippen LogP contribution in [0.3, 0.4) is 0 Å². The molecule has 3 aromatic rings. The number of hydrogen-bond donors (Lipinski definition) is 1. The van der Waals surface area contributed by atoms with Crippen molar-refractivity contribution < 1.29 is 9.72 Å². The number of nitrogens with zero attached hydrogens (tertiary/aromatic N) is 3. The number of nitro groups is 1. The SMILES string of the molecule is O=C(Cn1cnc2ccc([N+](=O)[O-])cc2c1=O)N[C@H]1CCCc2ccccc21. The van der Waals surface area contributed by atoms with Gasteiger partial charge in [0.25, 0.3) is 11.2 Å². The Balaban J connectivity index is 1.57. The van der Waals surface area contributed by atoms with Crippen molar-refractivity contribution in [2.24, 2.45) is 0 Å². The number of benzene rings is 2. The van der Waals surface area contributed by atoms with Gasteiger partial charge in [0.2, 0.25) is 5.91 Å². The predicted molar refractivity (Wildman–Crippen MR) is 103 cm³/mol. The number of non-ortho nitro benzene ring substituents is 1. The molecule has 1 aliphatic carbocycles. The Morgan fingerprint density at radius 2 is 2.11 bits per heavy atom. The van der Waals surface area contributed by atoms with Crippen LogP contribution >= 0.6 is 0 Å². The van der Waals surface area contributed by atoms with Crippen LogP contribution in [0, 0.1) is 10.1 Å². The summed E-state index contributed by atoms with van der Waals surface area (Å²) in [4.78, 5) is 39.7. The van der Waals surface area contributed by atoms with E-state index in [1.807, 2.05) is 18.2 Å². The average molecular weight is 378 g/mol. The summed E-state index contributed by atoms with van der Waals surface area (Å²) in [5.74, 6) is -0.296. The number of nitro benzene ring substituents is 1. The molecule has 1 amide bonds. The second kappa shape index (κ2) is 7.22. The molecule has 1 aliphatic rings.